The molecular weight excluding hydrogens is 190 g/mol. The van der Waals surface area contributed by atoms with E-state index in [9.17, 15) is 4.79 Å². The molecule has 0 spiro atoms. The smallest absolute Gasteiger partial charge is 0.253 e. The lowest BCUT2D eigenvalue weighted by atomic mass is 10.1. The molecule has 0 bridgehead atoms. The second-order valence-electron chi connectivity index (χ2n) is 4.04. The van der Waals surface area contributed by atoms with Crippen molar-refractivity contribution in [3.8, 4) is 0 Å². The number of aromatic nitrogens is 2. The third kappa shape index (κ3) is 4.74. The Bertz CT molecular complexity index is 333. The lowest BCUT2D eigenvalue weighted by Gasteiger charge is -2.07. The maximum Gasteiger partial charge on any atom is 0.253 e. The Balaban J connectivity index is 2.21. The number of nitrogens with one attached hydrogen (secondary N) is 1. The molecule has 0 atom stereocenters. The molecule has 0 aliphatic carbocycles. The topological polar surface area (TPSA) is 46.9 Å². The van der Waals surface area contributed by atoms with Crippen molar-refractivity contribution >= 4 is 0 Å². The summed E-state index contributed by atoms with van der Waals surface area (Å²) in [5, 5.41) is 3.30. The first-order valence-electron chi connectivity index (χ1n) is 5.41. The van der Waals surface area contributed by atoms with Gasteiger partial charge >= 0.3 is 0 Å². The van der Waals surface area contributed by atoms with Crippen molar-refractivity contribution in [3.63, 3.8) is 0 Å². The van der Waals surface area contributed by atoms with Crippen molar-refractivity contribution in [2.45, 2.75) is 26.8 Å². The van der Waals surface area contributed by atoms with E-state index < -0.39 is 0 Å². The monoisotopic (exact) mass is 209 g/mol. The number of rotatable bonds is 6. The van der Waals surface area contributed by atoms with Crippen molar-refractivity contribution in [1.29, 1.82) is 0 Å². The third-order valence-electron chi connectivity index (χ3n) is 2.22. The van der Waals surface area contributed by atoms with Gasteiger partial charge < -0.3 is 5.32 Å². The van der Waals surface area contributed by atoms with E-state index in [1.54, 1.807) is 10.9 Å². The van der Waals surface area contributed by atoms with Crippen molar-refractivity contribution < 1.29 is 0 Å². The number of nitrogens with zero attached hydrogens (tertiary/aromatic N) is 2. The van der Waals surface area contributed by atoms with E-state index in [-0.39, 0.29) is 5.56 Å². The Hall–Kier alpha value is -1.16. The van der Waals surface area contributed by atoms with Gasteiger partial charge in [0.05, 0.1) is 6.33 Å². The van der Waals surface area contributed by atoms with E-state index in [0.29, 0.717) is 6.54 Å². The van der Waals surface area contributed by atoms with Gasteiger partial charge in [0.1, 0.15) is 0 Å². The van der Waals surface area contributed by atoms with Gasteiger partial charge in [0.2, 0.25) is 0 Å². The summed E-state index contributed by atoms with van der Waals surface area (Å²) in [7, 11) is 0. The van der Waals surface area contributed by atoms with Crippen LogP contribution in [0, 0.1) is 5.92 Å². The van der Waals surface area contributed by atoms with Crippen LogP contribution >= 0.6 is 0 Å². The summed E-state index contributed by atoms with van der Waals surface area (Å²) in [5.41, 5.74) is 0.00987. The Morgan fingerprint density at radius 3 is 2.93 bits per heavy atom. The standard InChI is InChI=1S/C11H19N3O/c1-10(2)3-5-12-7-8-14-9-13-6-4-11(14)15/h4,6,9-10,12H,3,5,7-8H2,1-2H3. The maximum absolute atomic E-state index is 11.3. The molecule has 0 saturated carbocycles. The predicted molar refractivity (Wildman–Crippen MR) is 60.8 cm³/mol. The molecule has 4 heteroatoms. The van der Waals surface area contributed by atoms with Gasteiger partial charge in [0, 0.05) is 25.4 Å². The molecule has 0 fully saturated rings. The number of hydrogen-bond donors (Lipinski definition) is 1. The Labute approximate surface area is 90.3 Å². The average Bonchev–Trinajstić information content (AvgIpc) is 2.20. The molecule has 1 heterocycles. The molecule has 15 heavy (non-hydrogen) atoms. The Morgan fingerprint density at radius 1 is 1.47 bits per heavy atom. The van der Waals surface area contributed by atoms with Crippen molar-refractivity contribution in [2.24, 2.45) is 5.92 Å². The van der Waals surface area contributed by atoms with Crippen molar-refractivity contribution in [1.82, 2.24) is 14.9 Å². The van der Waals surface area contributed by atoms with E-state index in [4.69, 9.17) is 0 Å². The molecule has 1 aromatic rings. The molecule has 0 aliphatic heterocycles. The molecule has 1 N–H and O–H groups in total. The molecule has 0 aromatic carbocycles. The van der Waals surface area contributed by atoms with Gasteiger partial charge in [-0.05, 0) is 18.9 Å². The summed E-state index contributed by atoms with van der Waals surface area (Å²) < 4.78 is 1.61. The normalized spacial score (nSPS) is 10.9. The summed E-state index contributed by atoms with van der Waals surface area (Å²) in [6.07, 6.45) is 4.26. The number of hydrogen-bond acceptors (Lipinski definition) is 3. The van der Waals surface area contributed by atoms with Gasteiger partial charge in [0.15, 0.2) is 0 Å². The predicted octanol–water partition coefficient (Wildman–Crippen LogP) is 0.879. The van der Waals surface area contributed by atoms with Crippen LogP contribution in [0.4, 0.5) is 0 Å². The van der Waals surface area contributed by atoms with E-state index in [0.717, 1.165) is 19.0 Å². The summed E-state index contributed by atoms with van der Waals surface area (Å²) >= 11 is 0. The van der Waals surface area contributed by atoms with Crippen LogP contribution in [-0.4, -0.2) is 22.6 Å². The average molecular weight is 209 g/mol. The molecule has 1 rings (SSSR count). The molecule has 1 aromatic heterocycles. The second kappa shape index (κ2) is 6.35. The third-order valence-corrected chi connectivity index (χ3v) is 2.22. The van der Waals surface area contributed by atoms with Crippen LogP contribution in [0.15, 0.2) is 23.4 Å². The van der Waals surface area contributed by atoms with Gasteiger partial charge in [-0.3, -0.25) is 9.36 Å². The zero-order chi connectivity index (χ0) is 11.1. The van der Waals surface area contributed by atoms with E-state index in [1.807, 2.05) is 0 Å². The molecule has 0 unspecified atom stereocenters. The highest BCUT2D eigenvalue weighted by molar-refractivity contribution is 4.81. The Morgan fingerprint density at radius 2 is 2.27 bits per heavy atom. The summed E-state index contributed by atoms with van der Waals surface area (Å²) in [6, 6.07) is 1.48. The van der Waals surface area contributed by atoms with Gasteiger partial charge in [-0.25, -0.2) is 4.98 Å². The molecular formula is C11H19N3O. The van der Waals surface area contributed by atoms with Gasteiger partial charge in [0.25, 0.3) is 5.56 Å². The maximum atomic E-state index is 11.3. The van der Waals surface area contributed by atoms with E-state index >= 15 is 0 Å². The summed E-state index contributed by atoms with van der Waals surface area (Å²) in [4.78, 5) is 15.2. The van der Waals surface area contributed by atoms with Crippen LogP contribution in [0.25, 0.3) is 0 Å². The lowest BCUT2D eigenvalue weighted by molar-refractivity contribution is 0.514. The molecule has 0 saturated heterocycles. The molecule has 0 amide bonds. The van der Waals surface area contributed by atoms with Gasteiger partial charge in [-0.2, -0.15) is 0 Å². The van der Waals surface area contributed by atoms with E-state index in [1.165, 1.54) is 18.7 Å². The molecule has 84 valence electrons. The van der Waals surface area contributed by atoms with E-state index in [2.05, 4.69) is 24.1 Å². The highest BCUT2D eigenvalue weighted by Crippen LogP contribution is 1.95. The quantitative estimate of drug-likeness (QED) is 0.707. The largest absolute Gasteiger partial charge is 0.315 e. The van der Waals surface area contributed by atoms with Crippen LogP contribution in [0.3, 0.4) is 0 Å². The Kier molecular flexibility index (Phi) is 5.04. The lowest BCUT2D eigenvalue weighted by Crippen LogP contribution is -2.27. The fourth-order valence-corrected chi connectivity index (χ4v) is 1.26. The highest BCUT2D eigenvalue weighted by Gasteiger charge is 1.95. The minimum atomic E-state index is 0.00987. The zero-order valence-electron chi connectivity index (χ0n) is 9.44. The molecule has 0 aliphatic rings. The van der Waals surface area contributed by atoms with Crippen molar-refractivity contribution in [2.75, 3.05) is 13.1 Å². The highest BCUT2D eigenvalue weighted by atomic mass is 16.1. The molecule has 4 nitrogen and oxygen atoms in total. The van der Waals surface area contributed by atoms with Crippen molar-refractivity contribution in [3.05, 3.63) is 28.9 Å². The summed E-state index contributed by atoms with van der Waals surface area (Å²) in [6.45, 7) is 6.91. The van der Waals surface area contributed by atoms with Gasteiger partial charge in [-0.15, -0.1) is 0 Å². The fourth-order valence-electron chi connectivity index (χ4n) is 1.26. The first-order chi connectivity index (χ1) is 7.20. The first kappa shape index (κ1) is 11.9. The SMILES string of the molecule is CC(C)CCNCCn1cnccc1=O. The second-order valence-corrected chi connectivity index (χ2v) is 4.04. The van der Waals surface area contributed by atoms with Crippen LogP contribution in [0.5, 0.6) is 0 Å². The minimum Gasteiger partial charge on any atom is -0.315 e. The first-order valence-corrected chi connectivity index (χ1v) is 5.41. The van der Waals surface area contributed by atoms with Crippen LogP contribution in [-0.2, 0) is 6.54 Å². The summed E-state index contributed by atoms with van der Waals surface area (Å²) in [5.74, 6) is 0.721. The zero-order valence-corrected chi connectivity index (χ0v) is 9.44. The van der Waals surface area contributed by atoms with Crippen LogP contribution in [0.1, 0.15) is 20.3 Å². The fraction of sp³-hybridized carbons (Fsp3) is 0.636. The van der Waals surface area contributed by atoms with Crippen LogP contribution < -0.4 is 10.9 Å². The van der Waals surface area contributed by atoms with Crippen LogP contribution in [0.2, 0.25) is 0 Å². The minimum absolute atomic E-state index is 0.00987. The molecule has 0 radical (unpaired) electrons. The van der Waals surface area contributed by atoms with Gasteiger partial charge in [-0.1, -0.05) is 13.8 Å².